The first kappa shape index (κ1) is 23.1. The number of ether oxygens (including phenoxy) is 1. The topological polar surface area (TPSA) is 67.6 Å². The Bertz CT molecular complexity index is 1280. The number of rotatable bonds is 8. The Kier molecular flexibility index (Phi) is 7.30. The number of hydrogen-bond acceptors (Lipinski definition) is 7. The van der Waals surface area contributed by atoms with Crippen LogP contribution < -0.4 is 5.32 Å². The lowest BCUT2D eigenvalue weighted by atomic mass is 10.1. The van der Waals surface area contributed by atoms with Crippen molar-refractivity contribution in [1.29, 1.82) is 0 Å². The van der Waals surface area contributed by atoms with Gasteiger partial charge in [-0.05, 0) is 24.1 Å². The third-order valence-electron chi connectivity index (χ3n) is 5.90. The molecular weight excluding hydrogens is 466 g/mol. The molecule has 2 aromatic carbocycles. The van der Waals surface area contributed by atoms with Crippen LogP contribution in [0.3, 0.4) is 0 Å². The first-order valence-electron chi connectivity index (χ1n) is 11.4. The Labute approximate surface area is 207 Å². The van der Waals surface area contributed by atoms with Gasteiger partial charge in [0.05, 0.1) is 13.2 Å². The van der Waals surface area contributed by atoms with Crippen LogP contribution in [0.4, 0.5) is 0 Å². The maximum atomic E-state index is 13.3. The smallest absolute Gasteiger partial charge is 0.287 e. The van der Waals surface area contributed by atoms with Crippen LogP contribution in [0.1, 0.15) is 32.9 Å². The molecule has 0 saturated carbocycles. The van der Waals surface area contributed by atoms with Gasteiger partial charge < -0.3 is 14.5 Å². The van der Waals surface area contributed by atoms with Crippen molar-refractivity contribution in [2.75, 3.05) is 26.3 Å². The molecule has 4 aromatic rings. The first-order chi connectivity index (χ1) is 16.7. The molecule has 0 unspecified atom stereocenters. The summed E-state index contributed by atoms with van der Waals surface area (Å²) in [4.78, 5) is 20.2. The van der Waals surface area contributed by atoms with E-state index in [9.17, 15) is 4.79 Å². The molecule has 1 aliphatic rings. The molecule has 34 heavy (non-hydrogen) atoms. The van der Waals surface area contributed by atoms with E-state index in [0.29, 0.717) is 18.1 Å². The molecule has 1 saturated heterocycles. The number of benzene rings is 2. The summed E-state index contributed by atoms with van der Waals surface area (Å²) in [5.41, 5.74) is 4.99. The van der Waals surface area contributed by atoms with Crippen LogP contribution in [0.25, 0.3) is 11.0 Å². The molecule has 0 atom stereocenters. The standard InChI is InChI=1S/C26H27N3O3S2/c1-18-16-33-26(28-18)34-17-22-21-8-4-5-9-23(21)32-24(22)25(30)27-14-19-6-2-3-7-20(19)15-29-10-12-31-13-11-29/h2-9,16H,10-15,17H2,1H3,(H,27,30). The Morgan fingerprint density at radius 2 is 1.88 bits per heavy atom. The maximum absolute atomic E-state index is 13.3. The number of amides is 1. The molecular formula is C26H27N3O3S2. The molecule has 0 spiro atoms. The maximum Gasteiger partial charge on any atom is 0.287 e. The van der Waals surface area contributed by atoms with Crippen LogP contribution in [0.5, 0.6) is 0 Å². The van der Waals surface area contributed by atoms with Gasteiger partial charge in [0.2, 0.25) is 0 Å². The zero-order valence-electron chi connectivity index (χ0n) is 19.1. The fraction of sp³-hybridized carbons (Fsp3) is 0.308. The average Bonchev–Trinajstić information content (AvgIpc) is 3.45. The van der Waals surface area contributed by atoms with Crippen LogP contribution in [-0.2, 0) is 23.6 Å². The van der Waals surface area contributed by atoms with Gasteiger partial charge in [0.1, 0.15) is 9.92 Å². The molecule has 8 heteroatoms. The number of para-hydroxylation sites is 1. The predicted molar refractivity (Wildman–Crippen MR) is 136 cm³/mol. The minimum atomic E-state index is -0.191. The number of hydrogen-bond donors (Lipinski definition) is 1. The molecule has 6 nitrogen and oxygen atoms in total. The van der Waals surface area contributed by atoms with E-state index < -0.39 is 0 Å². The second-order valence-electron chi connectivity index (χ2n) is 8.29. The molecule has 1 N–H and O–H groups in total. The number of carbonyl (C=O) groups excluding carboxylic acids is 1. The van der Waals surface area contributed by atoms with E-state index in [4.69, 9.17) is 9.15 Å². The van der Waals surface area contributed by atoms with Gasteiger partial charge in [-0.2, -0.15) is 0 Å². The molecule has 1 fully saturated rings. The highest BCUT2D eigenvalue weighted by Crippen LogP contribution is 2.33. The van der Waals surface area contributed by atoms with Crippen molar-refractivity contribution in [3.63, 3.8) is 0 Å². The largest absolute Gasteiger partial charge is 0.451 e. The number of nitrogens with zero attached hydrogens (tertiary/aromatic N) is 2. The van der Waals surface area contributed by atoms with Crippen molar-refractivity contribution in [2.24, 2.45) is 0 Å². The van der Waals surface area contributed by atoms with Crippen LogP contribution in [0, 0.1) is 6.92 Å². The normalized spacial score (nSPS) is 14.5. The molecule has 2 aromatic heterocycles. The molecule has 1 amide bonds. The van der Waals surface area contributed by atoms with E-state index in [2.05, 4.69) is 33.4 Å². The van der Waals surface area contributed by atoms with Gasteiger partial charge in [0, 0.05) is 54.0 Å². The van der Waals surface area contributed by atoms with Gasteiger partial charge in [0.15, 0.2) is 5.76 Å². The number of carbonyl (C=O) groups is 1. The minimum absolute atomic E-state index is 0.191. The number of furan rings is 1. The SMILES string of the molecule is Cc1csc(SCc2c(C(=O)NCc3ccccc3CN3CCOCC3)oc3ccccc23)n1. The van der Waals surface area contributed by atoms with Crippen molar-refractivity contribution >= 4 is 40.0 Å². The Balaban J connectivity index is 1.32. The summed E-state index contributed by atoms with van der Waals surface area (Å²) in [6, 6.07) is 16.1. The van der Waals surface area contributed by atoms with E-state index in [1.54, 1.807) is 23.1 Å². The fourth-order valence-corrected chi connectivity index (χ4v) is 5.98. The van der Waals surface area contributed by atoms with Gasteiger partial charge in [-0.25, -0.2) is 4.98 Å². The molecule has 1 aliphatic heterocycles. The Morgan fingerprint density at radius 3 is 2.68 bits per heavy atom. The van der Waals surface area contributed by atoms with Crippen LogP contribution >= 0.6 is 23.1 Å². The van der Waals surface area contributed by atoms with Crippen LogP contribution in [0.2, 0.25) is 0 Å². The number of fused-ring (bicyclic) bond motifs is 1. The second kappa shape index (κ2) is 10.7. The van der Waals surface area contributed by atoms with Crippen molar-refractivity contribution in [2.45, 2.75) is 30.1 Å². The van der Waals surface area contributed by atoms with Gasteiger partial charge in [-0.1, -0.05) is 54.2 Å². The third kappa shape index (κ3) is 5.36. The second-order valence-corrected chi connectivity index (χ2v) is 10.4. The van der Waals surface area contributed by atoms with Gasteiger partial charge in [0.25, 0.3) is 5.91 Å². The zero-order chi connectivity index (χ0) is 23.3. The number of thioether (sulfide) groups is 1. The Morgan fingerprint density at radius 1 is 1.12 bits per heavy atom. The highest BCUT2D eigenvalue weighted by molar-refractivity contribution is 8.00. The first-order valence-corrected chi connectivity index (χ1v) is 13.2. The summed E-state index contributed by atoms with van der Waals surface area (Å²) < 4.78 is 12.5. The lowest BCUT2D eigenvalue weighted by Crippen LogP contribution is -2.36. The van der Waals surface area contributed by atoms with Crippen molar-refractivity contribution in [3.8, 4) is 0 Å². The summed E-state index contributed by atoms with van der Waals surface area (Å²) in [5.74, 6) is 0.816. The van der Waals surface area contributed by atoms with E-state index in [1.165, 1.54) is 5.56 Å². The zero-order valence-corrected chi connectivity index (χ0v) is 20.7. The molecule has 176 valence electrons. The van der Waals surface area contributed by atoms with Crippen molar-refractivity contribution < 1.29 is 13.9 Å². The lowest BCUT2D eigenvalue weighted by Gasteiger charge is -2.27. The van der Waals surface area contributed by atoms with Gasteiger partial charge in [-0.3, -0.25) is 9.69 Å². The number of nitrogens with one attached hydrogen (secondary N) is 1. The lowest BCUT2D eigenvalue weighted by molar-refractivity contribution is 0.0340. The summed E-state index contributed by atoms with van der Waals surface area (Å²) in [6.07, 6.45) is 0. The highest BCUT2D eigenvalue weighted by Gasteiger charge is 2.21. The molecule has 3 heterocycles. The average molecular weight is 494 g/mol. The fourth-order valence-electron chi connectivity index (χ4n) is 4.10. The number of aryl methyl sites for hydroxylation is 1. The van der Waals surface area contributed by atoms with Crippen LogP contribution in [0.15, 0.2) is 62.7 Å². The van der Waals surface area contributed by atoms with E-state index in [1.807, 2.05) is 42.6 Å². The number of thiazole rings is 1. The van der Waals surface area contributed by atoms with Crippen molar-refractivity contribution in [3.05, 3.63) is 82.1 Å². The summed E-state index contributed by atoms with van der Waals surface area (Å²) in [7, 11) is 0. The molecule has 0 aliphatic carbocycles. The van der Waals surface area contributed by atoms with Crippen molar-refractivity contribution in [1.82, 2.24) is 15.2 Å². The quantitative estimate of drug-likeness (QED) is 0.338. The molecule has 5 rings (SSSR count). The number of morpholine rings is 1. The molecule has 0 bridgehead atoms. The van der Waals surface area contributed by atoms with Gasteiger partial charge >= 0.3 is 0 Å². The van der Waals surface area contributed by atoms with E-state index in [0.717, 1.165) is 65.0 Å². The van der Waals surface area contributed by atoms with E-state index in [-0.39, 0.29) is 5.91 Å². The monoisotopic (exact) mass is 493 g/mol. The molecule has 0 radical (unpaired) electrons. The summed E-state index contributed by atoms with van der Waals surface area (Å²) >= 11 is 3.26. The summed E-state index contributed by atoms with van der Waals surface area (Å²) in [6.45, 7) is 6.70. The highest BCUT2D eigenvalue weighted by atomic mass is 32.2. The van der Waals surface area contributed by atoms with E-state index >= 15 is 0 Å². The number of aromatic nitrogens is 1. The van der Waals surface area contributed by atoms with Crippen LogP contribution in [-0.4, -0.2) is 42.1 Å². The third-order valence-corrected chi connectivity index (χ3v) is 8.06. The van der Waals surface area contributed by atoms with Gasteiger partial charge in [-0.15, -0.1) is 11.3 Å². The predicted octanol–water partition coefficient (Wildman–Crippen LogP) is 5.25. The minimum Gasteiger partial charge on any atom is -0.451 e. The summed E-state index contributed by atoms with van der Waals surface area (Å²) in [5, 5.41) is 6.11. The Hall–Kier alpha value is -2.65.